The summed E-state index contributed by atoms with van der Waals surface area (Å²) < 4.78 is 1.67. The van der Waals surface area contributed by atoms with Crippen molar-refractivity contribution in [2.75, 3.05) is 31.1 Å². The molecule has 2 aromatic carbocycles. The number of hydrogen-bond acceptors (Lipinski definition) is 5. The van der Waals surface area contributed by atoms with E-state index in [9.17, 15) is 4.79 Å². The van der Waals surface area contributed by atoms with Crippen LogP contribution in [0.1, 0.15) is 10.5 Å². The Morgan fingerprint density at radius 1 is 0.781 bits per heavy atom. The molecule has 2 aromatic heterocycles. The molecule has 1 aliphatic heterocycles. The molecule has 4 aromatic rings. The zero-order valence-electron chi connectivity index (χ0n) is 17.9. The molecular formula is C25H24N6O. The van der Waals surface area contributed by atoms with Crippen molar-refractivity contribution in [2.45, 2.75) is 0 Å². The Balaban J connectivity index is 1.27. The van der Waals surface area contributed by atoms with Crippen LogP contribution < -0.4 is 4.90 Å². The van der Waals surface area contributed by atoms with Crippen LogP contribution in [0.2, 0.25) is 0 Å². The molecule has 3 heterocycles. The maximum Gasteiger partial charge on any atom is 0.272 e. The molecule has 0 spiro atoms. The van der Waals surface area contributed by atoms with Crippen LogP contribution in [0.25, 0.3) is 22.5 Å². The maximum atomic E-state index is 13.2. The van der Waals surface area contributed by atoms with Crippen LogP contribution >= 0.6 is 0 Å². The SMILES string of the molecule is Cn1nc(-c2ccccc2)cc1C(=O)N1CCN(c2cc(-c3ccccc3)ncn2)CC1. The van der Waals surface area contributed by atoms with E-state index < -0.39 is 0 Å². The van der Waals surface area contributed by atoms with Gasteiger partial charge in [-0.05, 0) is 6.07 Å². The molecule has 1 aliphatic rings. The minimum absolute atomic E-state index is 0.00879. The van der Waals surface area contributed by atoms with Gasteiger partial charge in [0.25, 0.3) is 5.91 Å². The molecule has 1 amide bonds. The van der Waals surface area contributed by atoms with Crippen molar-refractivity contribution in [1.82, 2.24) is 24.6 Å². The molecule has 0 N–H and O–H groups in total. The lowest BCUT2D eigenvalue weighted by atomic mass is 10.1. The highest BCUT2D eigenvalue weighted by atomic mass is 16.2. The second kappa shape index (κ2) is 8.63. The fraction of sp³-hybridized carbons (Fsp3) is 0.200. The van der Waals surface area contributed by atoms with Crippen molar-refractivity contribution in [3.63, 3.8) is 0 Å². The van der Waals surface area contributed by atoms with Gasteiger partial charge in [0.2, 0.25) is 0 Å². The fourth-order valence-electron chi connectivity index (χ4n) is 4.00. The van der Waals surface area contributed by atoms with E-state index in [1.165, 1.54) is 0 Å². The quantitative estimate of drug-likeness (QED) is 0.502. The average Bonchev–Trinajstić information content (AvgIpc) is 3.26. The molecule has 0 bridgehead atoms. The van der Waals surface area contributed by atoms with Crippen LogP contribution in [0.4, 0.5) is 5.82 Å². The highest BCUT2D eigenvalue weighted by Gasteiger charge is 2.25. The minimum atomic E-state index is 0.00879. The number of anilines is 1. The van der Waals surface area contributed by atoms with Crippen molar-refractivity contribution in [1.29, 1.82) is 0 Å². The number of rotatable bonds is 4. The van der Waals surface area contributed by atoms with Gasteiger partial charge in [-0.3, -0.25) is 9.48 Å². The lowest BCUT2D eigenvalue weighted by Gasteiger charge is -2.35. The van der Waals surface area contributed by atoms with Crippen molar-refractivity contribution in [3.8, 4) is 22.5 Å². The summed E-state index contributed by atoms with van der Waals surface area (Å²) in [6.45, 7) is 2.71. The first-order valence-corrected chi connectivity index (χ1v) is 10.7. The smallest absolute Gasteiger partial charge is 0.272 e. The molecular weight excluding hydrogens is 400 g/mol. The van der Waals surface area contributed by atoms with Crippen LogP contribution in [-0.2, 0) is 7.05 Å². The predicted octanol–water partition coefficient (Wildman–Crippen LogP) is 3.51. The number of amides is 1. The molecule has 0 aliphatic carbocycles. The summed E-state index contributed by atoms with van der Waals surface area (Å²) in [5, 5.41) is 4.54. The first kappa shape index (κ1) is 19.9. The topological polar surface area (TPSA) is 67.2 Å². The molecule has 0 saturated carbocycles. The summed E-state index contributed by atoms with van der Waals surface area (Å²) in [4.78, 5) is 26.1. The summed E-state index contributed by atoms with van der Waals surface area (Å²) in [5.41, 5.74) is 4.38. The Morgan fingerprint density at radius 2 is 1.41 bits per heavy atom. The van der Waals surface area contributed by atoms with Gasteiger partial charge >= 0.3 is 0 Å². The van der Waals surface area contributed by atoms with Crippen LogP contribution in [0.5, 0.6) is 0 Å². The third-order valence-electron chi connectivity index (χ3n) is 5.78. The lowest BCUT2D eigenvalue weighted by Crippen LogP contribution is -2.49. The van der Waals surface area contributed by atoms with Gasteiger partial charge < -0.3 is 9.80 Å². The van der Waals surface area contributed by atoms with E-state index in [4.69, 9.17) is 0 Å². The highest BCUT2D eigenvalue weighted by molar-refractivity contribution is 5.94. The number of aryl methyl sites for hydroxylation is 1. The molecule has 32 heavy (non-hydrogen) atoms. The van der Waals surface area contributed by atoms with E-state index in [0.29, 0.717) is 18.8 Å². The molecule has 7 nitrogen and oxygen atoms in total. The fourth-order valence-corrected chi connectivity index (χ4v) is 4.00. The number of nitrogens with zero attached hydrogens (tertiary/aromatic N) is 6. The van der Waals surface area contributed by atoms with Gasteiger partial charge in [-0.15, -0.1) is 0 Å². The van der Waals surface area contributed by atoms with Crippen molar-refractivity contribution >= 4 is 11.7 Å². The third-order valence-corrected chi connectivity index (χ3v) is 5.78. The van der Waals surface area contributed by atoms with Crippen molar-refractivity contribution < 1.29 is 4.79 Å². The van der Waals surface area contributed by atoms with E-state index in [1.807, 2.05) is 84.7 Å². The van der Waals surface area contributed by atoms with Gasteiger partial charge in [0.05, 0.1) is 11.4 Å². The largest absolute Gasteiger partial charge is 0.353 e. The van der Waals surface area contributed by atoms with Crippen LogP contribution in [-0.4, -0.2) is 56.7 Å². The number of aromatic nitrogens is 4. The number of carbonyl (C=O) groups excluding carboxylic acids is 1. The summed E-state index contributed by atoms with van der Waals surface area (Å²) >= 11 is 0. The normalized spacial score (nSPS) is 13.9. The van der Waals surface area contributed by atoms with E-state index in [1.54, 1.807) is 11.0 Å². The zero-order chi connectivity index (χ0) is 21.9. The molecule has 1 fully saturated rings. The molecule has 5 rings (SSSR count). The zero-order valence-corrected chi connectivity index (χ0v) is 17.9. The highest BCUT2D eigenvalue weighted by Crippen LogP contribution is 2.23. The third kappa shape index (κ3) is 3.97. The van der Waals surface area contributed by atoms with Crippen molar-refractivity contribution in [3.05, 3.63) is 84.8 Å². The Hall–Kier alpha value is -4.00. The van der Waals surface area contributed by atoms with E-state index in [2.05, 4.69) is 20.0 Å². The van der Waals surface area contributed by atoms with E-state index in [0.717, 1.165) is 41.4 Å². The number of hydrogen-bond donors (Lipinski definition) is 0. The summed E-state index contributed by atoms with van der Waals surface area (Å²) in [7, 11) is 1.82. The van der Waals surface area contributed by atoms with Gasteiger partial charge in [-0.1, -0.05) is 60.7 Å². The first-order valence-electron chi connectivity index (χ1n) is 10.7. The molecule has 0 unspecified atom stereocenters. The van der Waals surface area contributed by atoms with Crippen LogP contribution in [0.15, 0.2) is 79.1 Å². The number of carbonyl (C=O) groups is 1. The molecule has 0 radical (unpaired) electrons. The number of piperazine rings is 1. The summed E-state index contributed by atoms with van der Waals surface area (Å²) in [5.74, 6) is 0.896. The minimum Gasteiger partial charge on any atom is -0.353 e. The lowest BCUT2D eigenvalue weighted by molar-refractivity contribution is 0.0735. The van der Waals surface area contributed by atoms with Gasteiger partial charge in [0.1, 0.15) is 17.8 Å². The Morgan fingerprint density at radius 3 is 2.06 bits per heavy atom. The van der Waals surface area contributed by atoms with Gasteiger partial charge in [0, 0.05) is 50.4 Å². The maximum absolute atomic E-state index is 13.2. The second-order valence-electron chi connectivity index (χ2n) is 7.81. The monoisotopic (exact) mass is 424 g/mol. The standard InChI is InChI=1S/C25H24N6O/c1-29-23(16-22(28-29)20-10-6-3-7-11-20)25(32)31-14-12-30(13-15-31)24-17-21(26-18-27-24)19-8-4-2-5-9-19/h2-11,16-18H,12-15H2,1H3. The summed E-state index contributed by atoms with van der Waals surface area (Å²) in [6, 6.07) is 23.9. The van der Waals surface area contributed by atoms with Crippen LogP contribution in [0, 0.1) is 0 Å². The van der Waals surface area contributed by atoms with E-state index in [-0.39, 0.29) is 5.91 Å². The molecule has 1 saturated heterocycles. The van der Waals surface area contributed by atoms with Crippen molar-refractivity contribution in [2.24, 2.45) is 7.05 Å². The number of benzene rings is 2. The van der Waals surface area contributed by atoms with Gasteiger partial charge in [-0.25, -0.2) is 9.97 Å². The van der Waals surface area contributed by atoms with Crippen LogP contribution in [0.3, 0.4) is 0 Å². The van der Waals surface area contributed by atoms with Gasteiger partial charge in [-0.2, -0.15) is 5.10 Å². The van der Waals surface area contributed by atoms with E-state index >= 15 is 0 Å². The second-order valence-corrected chi connectivity index (χ2v) is 7.81. The molecule has 0 atom stereocenters. The Kier molecular flexibility index (Phi) is 5.37. The Labute approximate surface area is 187 Å². The first-order chi connectivity index (χ1) is 15.7. The van der Waals surface area contributed by atoms with Gasteiger partial charge in [0.15, 0.2) is 0 Å². The summed E-state index contributed by atoms with van der Waals surface area (Å²) in [6.07, 6.45) is 1.61. The predicted molar refractivity (Wildman–Crippen MR) is 124 cm³/mol. The Bertz CT molecular complexity index is 1210. The molecule has 160 valence electrons. The molecule has 7 heteroatoms. The average molecular weight is 425 g/mol.